The molecular weight excluding hydrogens is 257 g/mol. The van der Waals surface area contributed by atoms with Crippen LogP contribution in [0.4, 0.5) is 4.39 Å². The number of hydrogen-bond acceptors (Lipinski definition) is 2. The van der Waals surface area contributed by atoms with Gasteiger partial charge in [-0.3, -0.25) is 4.98 Å². The number of carboxylic acids is 1. The minimum Gasteiger partial charge on any atom is -0.478 e. The summed E-state index contributed by atoms with van der Waals surface area (Å²) in [4.78, 5) is 16.2. The molecule has 0 saturated heterocycles. The Morgan fingerprint density at radius 3 is 3.00 bits per heavy atom. The van der Waals surface area contributed by atoms with Gasteiger partial charge in [0, 0.05) is 11.1 Å². The number of aromatic nitrogens is 1. The summed E-state index contributed by atoms with van der Waals surface area (Å²) in [6.07, 6.45) is 3.61. The van der Waals surface area contributed by atoms with Gasteiger partial charge in [0.2, 0.25) is 0 Å². The highest BCUT2D eigenvalue weighted by molar-refractivity contribution is 6.04. The molecular formula is C16H16FNO2. The van der Waals surface area contributed by atoms with E-state index < -0.39 is 11.8 Å². The Labute approximate surface area is 116 Å². The van der Waals surface area contributed by atoms with Crippen molar-refractivity contribution in [3.8, 4) is 0 Å². The van der Waals surface area contributed by atoms with E-state index in [9.17, 15) is 14.3 Å². The quantitative estimate of drug-likeness (QED) is 0.909. The Morgan fingerprint density at radius 1 is 1.50 bits per heavy atom. The first-order chi connectivity index (χ1) is 9.60. The number of hydrogen-bond donors (Lipinski definition) is 1. The summed E-state index contributed by atoms with van der Waals surface area (Å²) in [6.45, 7) is 2.12. The van der Waals surface area contributed by atoms with Crippen LogP contribution in [0.2, 0.25) is 0 Å². The number of fused-ring (bicyclic) bond motifs is 2. The maximum Gasteiger partial charge on any atom is 0.336 e. The van der Waals surface area contributed by atoms with E-state index in [1.807, 2.05) is 0 Å². The van der Waals surface area contributed by atoms with Gasteiger partial charge >= 0.3 is 5.97 Å². The number of aromatic carboxylic acids is 1. The molecule has 2 aromatic rings. The van der Waals surface area contributed by atoms with Crippen molar-refractivity contribution < 1.29 is 14.3 Å². The molecule has 0 aliphatic heterocycles. The first-order valence-electron chi connectivity index (χ1n) is 6.94. The van der Waals surface area contributed by atoms with E-state index in [0.29, 0.717) is 16.8 Å². The molecule has 104 valence electrons. The minimum absolute atomic E-state index is 0.239. The normalized spacial score (nSPS) is 18.0. The first-order valence-corrected chi connectivity index (χ1v) is 6.94. The summed E-state index contributed by atoms with van der Waals surface area (Å²) in [5.41, 5.74) is 2.47. The molecule has 1 heterocycles. The fourth-order valence-corrected chi connectivity index (χ4v) is 3.08. The summed E-state index contributed by atoms with van der Waals surface area (Å²) < 4.78 is 13.4. The zero-order valence-electron chi connectivity index (χ0n) is 11.3. The van der Waals surface area contributed by atoms with Gasteiger partial charge in [0.05, 0.1) is 11.1 Å². The molecule has 1 atom stereocenters. The lowest BCUT2D eigenvalue weighted by Gasteiger charge is -2.25. The third-order valence-corrected chi connectivity index (χ3v) is 4.21. The van der Waals surface area contributed by atoms with E-state index in [-0.39, 0.29) is 5.56 Å². The molecule has 1 aliphatic carbocycles. The molecule has 1 aromatic carbocycles. The van der Waals surface area contributed by atoms with Crippen molar-refractivity contribution in [2.75, 3.05) is 0 Å². The zero-order chi connectivity index (χ0) is 14.3. The Bertz CT molecular complexity index is 696. The maximum absolute atomic E-state index is 13.4. The fourth-order valence-electron chi connectivity index (χ4n) is 3.08. The van der Waals surface area contributed by atoms with Crippen LogP contribution in [-0.2, 0) is 12.8 Å². The van der Waals surface area contributed by atoms with Crippen molar-refractivity contribution in [3.63, 3.8) is 0 Å². The maximum atomic E-state index is 13.4. The number of aryl methyl sites for hydroxylation is 1. The molecule has 1 aliphatic rings. The molecule has 0 radical (unpaired) electrons. The molecule has 1 unspecified atom stereocenters. The van der Waals surface area contributed by atoms with E-state index in [0.717, 1.165) is 36.9 Å². The van der Waals surface area contributed by atoms with Crippen LogP contribution in [0.1, 0.15) is 41.4 Å². The van der Waals surface area contributed by atoms with Gasteiger partial charge in [0.25, 0.3) is 0 Å². The molecule has 0 amide bonds. The molecule has 0 fully saturated rings. The van der Waals surface area contributed by atoms with Gasteiger partial charge in [-0.05, 0) is 48.9 Å². The van der Waals surface area contributed by atoms with Crippen molar-refractivity contribution in [2.45, 2.75) is 32.6 Å². The summed E-state index contributed by atoms with van der Waals surface area (Å²) in [7, 11) is 0. The standard InChI is InChI=1S/C16H16FNO2/c1-2-9-3-5-13-11(7-9)15(16(19)20)12-8-10(17)4-6-14(12)18-13/h4,6,8-9H,2-3,5,7H2,1H3,(H,19,20). The van der Waals surface area contributed by atoms with Crippen molar-refractivity contribution in [2.24, 2.45) is 5.92 Å². The SMILES string of the molecule is CCC1CCc2nc3ccc(F)cc3c(C(=O)O)c2C1. The molecule has 20 heavy (non-hydrogen) atoms. The lowest BCUT2D eigenvalue weighted by atomic mass is 9.82. The van der Waals surface area contributed by atoms with Crippen molar-refractivity contribution in [1.82, 2.24) is 4.98 Å². The van der Waals surface area contributed by atoms with Crippen LogP contribution in [-0.4, -0.2) is 16.1 Å². The first kappa shape index (κ1) is 13.0. The smallest absolute Gasteiger partial charge is 0.336 e. The predicted molar refractivity (Wildman–Crippen MR) is 74.5 cm³/mol. The Kier molecular flexibility index (Phi) is 3.16. The number of carbonyl (C=O) groups is 1. The van der Waals surface area contributed by atoms with Gasteiger partial charge < -0.3 is 5.11 Å². The van der Waals surface area contributed by atoms with Gasteiger partial charge in [-0.15, -0.1) is 0 Å². The average Bonchev–Trinajstić information content (AvgIpc) is 2.43. The number of nitrogens with zero attached hydrogens (tertiary/aromatic N) is 1. The highest BCUT2D eigenvalue weighted by Gasteiger charge is 2.26. The largest absolute Gasteiger partial charge is 0.478 e. The summed E-state index contributed by atoms with van der Waals surface area (Å²) >= 11 is 0. The number of benzene rings is 1. The second kappa shape index (κ2) is 4.85. The highest BCUT2D eigenvalue weighted by Crippen LogP contribution is 2.33. The molecule has 3 nitrogen and oxygen atoms in total. The van der Waals surface area contributed by atoms with E-state index >= 15 is 0 Å². The fraction of sp³-hybridized carbons (Fsp3) is 0.375. The van der Waals surface area contributed by atoms with Crippen molar-refractivity contribution >= 4 is 16.9 Å². The van der Waals surface area contributed by atoms with Gasteiger partial charge in [-0.25, -0.2) is 9.18 Å². The predicted octanol–water partition coefficient (Wildman–Crippen LogP) is 3.59. The van der Waals surface area contributed by atoms with Crippen LogP contribution < -0.4 is 0 Å². The van der Waals surface area contributed by atoms with Crippen LogP contribution in [0.3, 0.4) is 0 Å². The van der Waals surface area contributed by atoms with E-state index in [1.54, 1.807) is 6.07 Å². The van der Waals surface area contributed by atoms with Crippen molar-refractivity contribution in [1.29, 1.82) is 0 Å². The van der Waals surface area contributed by atoms with Gasteiger partial charge in [0.15, 0.2) is 0 Å². The Morgan fingerprint density at radius 2 is 2.30 bits per heavy atom. The van der Waals surface area contributed by atoms with E-state index in [4.69, 9.17) is 0 Å². The lowest BCUT2D eigenvalue weighted by Crippen LogP contribution is -2.19. The molecule has 1 N–H and O–H groups in total. The second-order valence-corrected chi connectivity index (χ2v) is 5.40. The number of halogens is 1. The molecule has 0 bridgehead atoms. The third-order valence-electron chi connectivity index (χ3n) is 4.21. The lowest BCUT2D eigenvalue weighted by molar-refractivity contribution is 0.0697. The van der Waals surface area contributed by atoms with Crippen LogP contribution >= 0.6 is 0 Å². The number of pyridine rings is 1. The number of rotatable bonds is 2. The highest BCUT2D eigenvalue weighted by atomic mass is 19.1. The summed E-state index contributed by atoms with van der Waals surface area (Å²) in [6, 6.07) is 4.16. The monoisotopic (exact) mass is 273 g/mol. The van der Waals surface area contributed by atoms with Gasteiger partial charge in [0.1, 0.15) is 5.82 Å². The van der Waals surface area contributed by atoms with Crippen LogP contribution in [0, 0.1) is 11.7 Å². The average molecular weight is 273 g/mol. The summed E-state index contributed by atoms with van der Waals surface area (Å²) in [5.74, 6) is -0.922. The van der Waals surface area contributed by atoms with E-state index in [2.05, 4.69) is 11.9 Å². The van der Waals surface area contributed by atoms with E-state index in [1.165, 1.54) is 12.1 Å². The van der Waals surface area contributed by atoms with Crippen LogP contribution in [0.25, 0.3) is 10.9 Å². The number of carboxylic acid groups (broad SMARTS) is 1. The second-order valence-electron chi connectivity index (χ2n) is 5.40. The van der Waals surface area contributed by atoms with Crippen molar-refractivity contribution in [3.05, 3.63) is 40.8 Å². The van der Waals surface area contributed by atoms with Gasteiger partial charge in [-0.1, -0.05) is 13.3 Å². The topological polar surface area (TPSA) is 50.2 Å². The molecule has 4 heteroatoms. The van der Waals surface area contributed by atoms with Crippen LogP contribution in [0.15, 0.2) is 18.2 Å². The third kappa shape index (κ3) is 2.05. The molecule has 1 aromatic heterocycles. The molecule has 0 saturated carbocycles. The Balaban J connectivity index is 2.30. The van der Waals surface area contributed by atoms with Crippen LogP contribution in [0.5, 0.6) is 0 Å². The zero-order valence-corrected chi connectivity index (χ0v) is 11.3. The summed E-state index contributed by atoms with van der Waals surface area (Å²) in [5, 5.41) is 9.95. The minimum atomic E-state index is -0.990. The Hall–Kier alpha value is -1.97. The molecule has 0 spiro atoms. The van der Waals surface area contributed by atoms with Gasteiger partial charge in [-0.2, -0.15) is 0 Å². The molecule has 3 rings (SSSR count).